The van der Waals surface area contributed by atoms with Crippen LogP contribution in [0.1, 0.15) is 22.2 Å². The molecule has 168 valence electrons. The molecule has 2 amide bonds. The summed E-state index contributed by atoms with van der Waals surface area (Å²) in [5, 5.41) is 13.0. The van der Waals surface area contributed by atoms with Gasteiger partial charge in [-0.2, -0.15) is 5.26 Å². The molecule has 2 aromatic heterocycles. The summed E-state index contributed by atoms with van der Waals surface area (Å²) >= 11 is 7.35. The molecule has 0 fully saturated rings. The fraction of sp³-hybridized carbons (Fsp3) is 0.0833. The number of nitriles is 1. The van der Waals surface area contributed by atoms with Crippen LogP contribution in [0.15, 0.2) is 54.6 Å². The minimum absolute atomic E-state index is 0.0306. The Bertz CT molecular complexity index is 1480. The maximum absolute atomic E-state index is 13.2. The lowest BCUT2D eigenvalue weighted by atomic mass is 10.1. The van der Waals surface area contributed by atoms with Crippen LogP contribution in [-0.4, -0.2) is 23.6 Å². The van der Waals surface area contributed by atoms with Crippen molar-refractivity contribution in [3.8, 4) is 17.6 Å². The van der Waals surface area contributed by atoms with Crippen LogP contribution in [0.3, 0.4) is 0 Å². The second-order valence-electron chi connectivity index (χ2n) is 7.12. The largest absolute Gasteiger partial charge is 0.462 e. The quantitative estimate of drug-likeness (QED) is 0.254. The summed E-state index contributed by atoms with van der Waals surface area (Å²) in [6.07, 6.45) is 0. The third-order valence-electron chi connectivity index (χ3n) is 5.07. The van der Waals surface area contributed by atoms with E-state index < -0.39 is 12.0 Å². The number of nitrogens with one attached hydrogen (secondary N) is 1. The molecule has 0 saturated carbocycles. The van der Waals surface area contributed by atoms with Gasteiger partial charge in [0.05, 0.1) is 29.1 Å². The number of carbonyl (C=O) groups excluding carboxylic acids is 2. The van der Waals surface area contributed by atoms with Crippen LogP contribution in [0.5, 0.6) is 11.5 Å². The van der Waals surface area contributed by atoms with Crippen molar-refractivity contribution < 1.29 is 19.1 Å². The van der Waals surface area contributed by atoms with Crippen LogP contribution < -0.4 is 15.0 Å². The Balaban J connectivity index is 1.63. The first-order valence-corrected chi connectivity index (χ1v) is 11.4. The summed E-state index contributed by atoms with van der Waals surface area (Å²) in [5.74, 6) is 0.665. The molecule has 1 aliphatic heterocycles. The molecular weight excluding hydrogens is 476 g/mol. The number of carbonyl (C=O) groups is 2. The van der Waals surface area contributed by atoms with E-state index in [4.69, 9.17) is 21.1 Å². The van der Waals surface area contributed by atoms with E-state index in [1.54, 1.807) is 31.2 Å². The molecule has 0 bridgehead atoms. The molecule has 0 atom stereocenters. The molecule has 0 radical (unpaired) electrons. The average molecular weight is 491 g/mol. The average Bonchev–Trinajstić information content (AvgIpc) is 3.19. The highest BCUT2D eigenvalue weighted by Crippen LogP contribution is 2.49. The van der Waals surface area contributed by atoms with Gasteiger partial charge in [0.1, 0.15) is 32.8 Å². The fourth-order valence-corrected chi connectivity index (χ4v) is 4.96. The van der Waals surface area contributed by atoms with Gasteiger partial charge in [0.2, 0.25) is 0 Å². The predicted octanol–water partition coefficient (Wildman–Crippen LogP) is 6.47. The zero-order valence-electron chi connectivity index (χ0n) is 17.7. The maximum Gasteiger partial charge on any atom is 0.350 e. The highest BCUT2D eigenvalue weighted by atomic mass is 35.5. The van der Waals surface area contributed by atoms with Gasteiger partial charge in [-0.05, 0) is 43.3 Å². The first-order chi connectivity index (χ1) is 16.5. The van der Waals surface area contributed by atoms with Crippen molar-refractivity contribution in [1.29, 1.82) is 5.26 Å². The Kier molecular flexibility index (Phi) is 5.53. The zero-order chi connectivity index (χ0) is 23.8. The van der Waals surface area contributed by atoms with Crippen molar-refractivity contribution in [3.63, 3.8) is 0 Å². The lowest BCUT2D eigenvalue weighted by molar-refractivity contribution is 0.0533. The molecule has 0 unspecified atom stereocenters. The minimum atomic E-state index is -0.586. The number of thiophene rings is 1. The monoisotopic (exact) mass is 490 g/mol. The lowest BCUT2D eigenvalue weighted by Gasteiger charge is -2.29. The number of halogens is 1. The second kappa shape index (κ2) is 8.67. The van der Waals surface area contributed by atoms with E-state index >= 15 is 0 Å². The van der Waals surface area contributed by atoms with Crippen molar-refractivity contribution in [2.24, 2.45) is 0 Å². The van der Waals surface area contributed by atoms with E-state index in [1.165, 1.54) is 4.90 Å². The van der Waals surface area contributed by atoms with Gasteiger partial charge in [0.25, 0.3) is 0 Å². The summed E-state index contributed by atoms with van der Waals surface area (Å²) in [6.45, 7) is 1.87. The molecule has 8 nitrogen and oxygen atoms in total. The Morgan fingerprint density at radius 1 is 1.18 bits per heavy atom. The number of para-hydroxylation sites is 1. The van der Waals surface area contributed by atoms with Gasteiger partial charge in [-0.25, -0.2) is 14.6 Å². The second-order valence-corrected chi connectivity index (χ2v) is 8.48. The summed E-state index contributed by atoms with van der Waals surface area (Å²) in [5.41, 5.74) is 1.04. The topological polar surface area (TPSA) is 105 Å². The molecule has 34 heavy (non-hydrogen) atoms. The maximum atomic E-state index is 13.2. The normalized spacial score (nSPS) is 12.3. The third-order valence-corrected chi connectivity index (χ3v) is 6.41. The van der Waals surface area contributed by atoms with Crippen LogP contribution in [-0.2, 0) is 4.74 Å². The van der Waals surface area contributed by atoms with Crippen LogP contribution in [0, 0.1) is 11.3 Å². The summed E-state index contributed by atoms with van der Waals surface area (Å²) in [7, 11) is 0. The lowest BCUT2D eigenvalue weighted by Crippen LogP contribution is -2.35. The highest BCUT2D eigenvalue weighted by Gasteiger charge is 2.36. The van der Waals surface area contributed by atoms with Gasteiger partial charge in [-0.1, -0.05) is 29.8 Å². The zero-order valence-corrected chi connectivity index (χ0v) is 19.2. The molecule has 4 aromatic rings. The molecule has 5 rings (SSSR count). The molecule has 0 saturated heterocycles. The van der Waals surface area contributed by atoms with Gasteiger partial charge in [0, 0.05) is 0 Å². The van der Waals surface area contributed by atoms with Gasteiger partial charge in [-0.15, -0.1) is 11.3 Å². The van der Waals surface area contributed by atoms with E-state index in [1.807, 2.05) is 36.4 Å². The van der Waals surface area contributed by atoms with Crippen LogP contribution >= 0.6 is 22.9 Å². The van der Waals surface area contributed by atoms with Crippen molar-refractivity contribution in [2.75, 3.05) is 16.8 Å². The number of urea groups is 1. The van der Waals surface area contributed by atoms with Crippen LogP contribution in [0.4, 0.5) is 21.9 Å². The standard InChI is InChI=1S/C24H15ClN4O4S/c1-2-32-23(30)20-18-17-19(16(12-26)21(25)28-22(17)34-20)29(24(31)27-18)13-8-10-15(11-9-13)33-14-6-4-3-5-7-14/h3-11H,2H2,1H3,(H,27,31). The number of anilines is 3. The molecular formula is C24H15ClN4O4S. The van der Waals surface area contributed by atoms with Gasteiger partial charge in [0.15, 0.2) is 5.15 Å². The molecule has 10 heteroatoms. The Morgan fingerprint density at radius 2 is 1.88 bits per heavy atom. The Labute approximate surface area is 202 Å². The molecule has 0 aliphatic carbocycles. The number of aromatic nitrogens is 1. The van der Waals surface area contributed by atoms with Crippen molar-refractivity contribution >= 4 is 62.2 Å². The molecule has 1 aliphatic rings. The van der Waals surface area contributed by atoms with Crippen molar-refractivity contribution in [2.45, 2.75) is 6.92 Å². The number of amides is 2. The van der Waals surface area contributed by atoms with Crippen LogP contribution in [0.25, 0.3) is 10.2 Å². The minimum Gasteiger partial charge on any atom is -0.462 e. The Morgan fingerprint density at radius 3 is 2.56 bits per heavy atom. The number of hydrogen-bond acceptors (Lipinski definition) is 7. The smallest absolute Gasteiger partial charge is 0.350 e. The van der Waals surface area contributed by atoms with E-state index in [2.05, 4.69) is 10.3 Å². The summed E-state index contributed by atoms with van der Waals surface area (Å²) in [6, 6.07) is 17.6. The van der Waals surface area contributed by atoms with Gasteiger partial charge < -0.3 is 14.8 Å². The van der Waals surface area contributed by atoms with E-state index in [9.17, 15) is 14.9 Å². The van der Waals surface area contributed by atoms with Gasteiger partial charge >= 0.3 is 12.0 Å². The summed E-state index contributed by atoms with van der Waals surface area (Å²) < 4.78 is 11.0. The SMILES string of the molecule is CCOC(=O)c1sc2nc(Cl)c(C#N)c3c2c1NC(=O)N3c1ccc(Oc2ccccc2)cc1. The first-order valence-electron chi connectivity index (χ1n) is 10.2. The van der Waals surface area contributed by atoms with Gasteiger partial charge in [-0.3, -0.25) is 4.90 Å². The first kappa shape index (κ1) is 21.7. The number of nitrogens with zero attached hydrogens (tertiary/aromatic N) is 3. The van der Waals surface area contributed by atoms with Crippen LogP contribution in [0.2, 0.25) is 5.15 Å². The molecule has 0 spiro atoms. The number of hydrogen-bond donors (Lipinski definition) is 1. The predicted molar refractivity (Wildman–Crippen MR) is 129 cm³/mol. The van der Waals surface area contributed by atoms with Crippen molar-refractivity contribution in [1.82, 2.24) is 4.98 Å². The van der Waals surface area contributed by atoms with E-state index in [-0.39, 0.29) is 33.6 Å². The number of pyridine rings is 1. The summed E-state index contributed by atoms with van der Waals surface area (Å²) in [4.78, 5) is 32.0. The Hall–Kier alpha value is -4.13. The van der Waals surface area contributed by atoms with E-state index in [0.717, 1.165) is 11.3 Å². The highest BCUT2D eigenvalue weighted by molar-refractivity contribution is 7.21. The number of esters is 1. The number of benzene rings is 2. The third kappa shape index (κ3) is 3.59. The fourth-order valence-electron chi connectivity index (χ4n) is 3.67. The molecule has 2 aromatic carbocycles. The number of rotatable bonds is 5. The number of ether oxygens (including phenoxy) is 2. The van der Waals surface area contributed by atoms with Crippen molar-refractivity contribution in [3.05, 3.63) is 70.2 Å². The van der Waals surface area contributed by atoms with E-state index in [0.29, 0.717) is 27.4 Å². The molecule has 3 heterocycles. The molecule has 1 N–H and O–H groups in total.